The van der Waals surface area contributed by atoms with Crippen molar-refractivity contribution in [3.63, 3.8) is 0 Å². The normalized spacial score (nSPS) is 13.5. The molecule has 0 amide bonds. The Kier molecular flexibility index (Phi) is 4.92. The Morgan fingerprint density at radius 1 is 1.45 bits per heavy atom. The van der Waals surface area contributed by atoms with Gasteiger partial charge in [0.15, 0.2) is 0 Å². The van der Waals surface area contributed by atoms with Crippen LogP contribution in [0.5, 0.6) is 0 Å². The molecule has 2 rings (SSSR count). The highest BCUT2D eigenvalue weighted by Crippen LogP contribution is 2.20. The van der Waals surface area contributed by atoms with Gasteiger partial charge in [0.2, 0.25) is 5.09 Å². The van der Waals surface area contributed by atoms with Crippen molar-refractivity contribution in [3.05, 3.63) is 34.5 Å². The predicted octanol–water partition coefficient (Wildman–Crippen LogP) is 1.89. The monoisotopic (exact) mass is 315 g/mol. The highest BCUT2D eigenvalue weighted by Gasteiger charge is 2.17. The van der Waals surface area contributed by atoms with Crippen molar-refractivity contribution in [2.45, 2.75) is 31.0 Å². The Morgan fingerprint density at radius 2 is 2.25 bits per heavy atom. The standard InChI is InChI=1S/C12H17N3O3S2/c1-3-10(12-14-6-7-19-12)15-8-9-4-5-11(18-9)20(16,17)13-2/h4-7,10,13,15H,3,8H2,1-2H3. The first-order valence-corrected chi connectivity index (χ1v) is 8.58. The lowest BCUT2D eigenvalue weighted by molar-refractivity contribution is 0.386. The van der Waals surface area contributed by atoms with E-state index in [2.05, 4.69) is 21.9 Å². The number of furan rings is 1. The van der Waals surface area contributed by atoms with E-state index in [4.69, 9.17) is 4.42 Å². The molecule has 2 aromatic heterocycles. The maximum Gasteiger partial charge on any atom is 0.273 e. The minimum absolute atomic E-state index is 0.0703. The van der Waals surface area contributed by atoms with E-state index in [9.17, 15) is 8.42 Å². The SMILES string of the molecule is CCC(NCc1ccc(S(=O)(=O)NC)o1)c1nccs1. The quantitative estimate of drug-likeness (QED) is 0.815. The maximum absolute atomic E-state index is 11.6. The zero-order valence-corrected chi connectivity index (χ0v) is 12.9. The molecule has 0 aliphatic rings. The van der Waals surface area contributed by atoms with Crippen LogP contribution in [0.2, 0.25) is 0 Å². The molecular formula is C12H17N3O3S2. The number of rotatable bonds is 7. The lowest BCUT2D eigenvalue weighted by Crippen LogP contribution is -2.20. The fourth-order valence-corrected chi connectivity index (χ4v) is 3.20. The van der Waals surface area contributed by atoms with Gasteiger partial charge >= 0.3 is 0 Å². The molecule has 0 spiro atoms. The first-order chi connectivity index (χ1) is 9.56. The molecule has 2 N–H and O–H groups in total. The predicted molar refractivity (Wildman–Crippen MR) is 76.9 cm³/mol. The van der Waals surface area contributed by atoms with Crippen molar-refractivity contribution in [1.29, 1.82) is 0 Å². The van der Waals surface area contributed by atoms with E-state index in [0.717, 1.165) is 11.4 Å². The number of nitrogens with one attached hydrogen (secondary N) is 2. The number of aromatic nitrogens is 1. The van der Waals surface area contributed by atoms with Crippen LogP contribution in [0.15, 0.2) is 33.2 Å². The molecule has 0 aromatic carbocycles. The molecule has 1 unspecified atom stereocenters. The van der Waals surface area contributed by atoms with Gasteiger partial charge in [0, 0.05) is 11.6 Å². The fourth-order valence-electron chi connectivity index (χ4n) is 1.73. The molecule has 0 fully saturated rings. The van der Waals surface area contributed by atoms with E-state index in [0.29, 0.717) is 12.3 Å². The molecule has 0 saturated heterocycles. The van der Waals surface area contributed by atoms with Crippen molar-refractivity contribution in [2.75, 3.05) is 7.05 Å². The number of hydrogen-bond donors (Lipinski definition) is 2. The molecule has 0 aliphatic carbocycles. The minimum Gasteiger partial charge on any atom is -0.447 e. The van der Waals surface area contributed by atoms with Gasteiger partial charge in [0.1, 0.15) is 10.8 Å². The summed E-state index contributed by atoms with van der Waals surface area (Å²) in [6.45, 7) is 2.52. The van der Waals surface area contributed by atoms with Gasteiger partial charge in [0.25, 0.3) is 10.0 Å². The summed E-state index contributed by atoms with van der Waals surface area (Å²) in [5.74, 6) is 0.578. The zero-order valence-electron chi connectivity index (χ0n) is 11.3. The lowest BCUT2D eigenvalue weighted by atomic mass is 10.2. The van der Waals surface area contributed by atoms with Gasteiger partial charge in [0.05, 0.1) is 12.6 Å². The molecular weight excluding hydrogens is 298 g/mol. The summed E-state index contributed by atoms with van der Waals surface area (Å²) < 4.78 is 30.7. The number of sulfonamides is 1. The van der Waals surface area contributed by atoms with Crippen molar-refractivity contribution < 1.29 is 12.8 Å². The van der Waals surface area contributed by atoms with E-state index < -0.39 is 10.0 Å². The van der Waals surface area contributed by atoms with Crippen LogP contribution < -0.4 is 10.0 Å². The van der Waals surface area contributed by atoms with Crippen molar-refractivity contribution >= 4 is 21.4 Å². The second-order valence-electron chi connectivity index (χ2n) is 4.14. The van der Waals surface area contributed by atoms with Gasteiger partial charge in [-0.05, 0) is 25.6 Å². The Labute approximate surface area is 122 Å². The van der Waals surface area contributed by atoms with Gasteiger partial charge in [-0.2, -0.15) is 0 Å². The summed E-state index contributed by atoms with van der Waals surface area (Å²) in [5.41, 5.74) is 0. The average Bonchev–Trinajstić information content (AvgIpc) is 3.10. The molecule has 20 heavy (non-hydrogen) atoms. The van der Waals surface area contributed by atoms with Crippen LogP contribution in [-0.4, -0.2) is 20.4 Å². The largest absolute Gasteiger partial charge is 0.447 e. The number of hydrogen-bond acceptors (Lipinski definition) is 6. The zero-order chi connectivity index (χ0) is 14.6. The summed E-state index contributed by atoms with van der Waals surface area (Å²) in [7, 11) is -2.17. The minimum atomic E-state index is -3.52. The van der Waals surface area contributed by atoms with E-state index in [-0.39, 0.29) is 11.1 Å². The third kappa shape index (κ3) is 3.45. The fraction of sp³-hybridized carbons (Fsp3) is 0.417. The molecule has 0 radical (unpaired) electrons. The molecule has 2 aromatic rings. The third-order valence-electron chi connectivity index (χ3n) is 2.85. The lowest BCUT2D eigenvalue weighted by Gasteiger charge is -2.12. The molecule has 0 bridgehead atoms. The number of nitrogens with zero attached hydrogens (tertiary/aromatic N) is 1. The summed E-state index contributed by atoms with van der Waals surface area (Å²) in [6.07, 6.45) is 2.67. The highest BCUT2D eigenvalue weighted by atomic mass is 32.2. The summed E-state index contributed by atoms with van der Waals surface area (Å²) >= 11 is 1.59. The Balaban J connectivity index is 2.01. The topological polar surface area (TPSA) is 84.2 Å². The van der Waals surface area contributed by atoms with Gasteiger partial charge in [-0.3, -0.25) is 0 Å². The van der Waals surface area contributed by atoms with Crippen LogP contribution in [0.1, 0.15) is 30.2 Å². The van der Waals surface area contributed by atoms with Crippen LogP contribution in [0, 0.1) is 0 Å². The average molecular weight is 315 g/mol. The first kappa shape index (κ1) is 15.2. The Morgan fingerprint density at radius 3 is 2.85 bits per heavy atom. The van der Waals surface area contributed by atoms with Crippen molar-refractivity contribution in [3.8, 4) is 0 Å². The third-order valence-corrected chi connectivity index (χ3v) is 5.03. The Hall–Kier alpha value is -1.22. The van der Waals surface area contributed by atoms with Crippen molar-refractivity contribution in [1.82, 2.24) is 15.0 Å². The van der Waals surface area contributed by atoms with E-state index in [1.165, 1.54) is 13.1 Å². The van der Waals surface area contributed by atoms with E-state index in [1.54, 1.807) is 23.6 Å². The van der Waals surface area contributed by atoms with Crippen LogP contribution in [0.4, 0.5) is 0 Å². The van der Waals surface area contributed by atoms with E-state index >= 15 is 0 Å². The van der Waals surface area contributed by atoms with Gasteiger partial charge in [-0.25, -0.2) is 18.1 Å². The molecule has 6 nitrogen and oxygen atoms in total. The highest BCUT2D eigenvalue weighted by molar-refractivity contribution is 7.89. The maximum atomic E-state index is 11.6. The summed E-state index contributed by atoms with van der Waals surface area (Å²) in [4.78, 5) is 4.28. The number of thiazole rings is 1. The molecule has 0 aliphatic heterocycles. The summed E-state index contributed by atoms with van der Waals surface area (Å²) in [6, 6.07) is 3.25. The smallest absolute Gasteiger partial charge is 0.273 e. The summed E-state index contributed by atoms with van der Waals surface area (Å²) in [5, 5.41) is 6.19. The first-order valence-electron chi connectivity index (χ1n) is 6.22. The van der Waals surface area contributed by atoms with Gasteiger partial charge in [-0.15, -0.1) is 11.3 Å². The van der Waals surface area contributed by atoms with Crippen LogP contribution >= 0.6 is 11.3 Å². The van der Waals surface area contributed by atoms with Crippen LogP contribution in [-0.2, 0) is 16.6 Å². The van der Waals surface area contributed by atoms with Crippen LogP contribution in [0.25, 0.3) is 0 Å². The Bertz CT molecular complexity index is 635. The van der Waals surface area contributed by atoms with Crippen LogP contribution in [0.3, 0.4) is 0 Å². The second-order valence-corrected chi connectivity index (χ2v) is 6.88. The molecule has 0 saturated carbocycles. The van der Waals surface area contributed by atoms with Gasteiger partial charge < -0.3 is 9.73 Å². The molecule has 1 atom stereocenters. The molecule has 8 heteroatoms. The second kappa shape index (κ2) is 6.49. The molecule has 2 heterocycles. The molecule has 110 valence electrons. The van der Waals surface area contributed by atoms with E-state index in [1.807, 2.05) is 5.38 Å². The van der Waals surface area contributed by atoms with Crippen molar-refractivity contribution in [2.24, 2.45) is 0 Å². The van der Waals surface area contributed by atoms with Gasteiger partial charge in [-0.1, -0.05) is 6.92 Å².